The van der Waals surface area contributed by atoms with Gasteiger partial charge in [-0.25, -0.2) is 0 Å². The maximum atomic E-state index is 10.8. The van der Waals surface area contributed by atoms with Crippen LogP contribution in [0.2, 0.25) is 0 Å². The second kappa shape index (κ2) is 4.48. The van der Waals surface area contributed by atoms with Crippen LogP contribution in [-0.2, 0) is 4.79 Å². The predicted molar refractivity (Wildman–Crippen MR) is 50.1 cm³/mol. The Morgan fingerprint density at radius 2 is 2.00 bits per heavy atom. The first-order chi connectivity index (χ1) is 5.40. The first kappa shape index (κ1) is 11.5. The molecule has 1 unspecified atom stereocenters. The van der Waals surface area contributed by atoms with Crippen LogP contribution < -0.4 is 0 Å². The summed E-state index contributed by atoms with van der Waals surface area (Å²) in [6.45, 7) is 7.83. The predicted octanol–water partition coefficient (Wildman–Crippen LogP) is 2.92. The second-order valence-electron chi connectivity index (χ2n) is 4.29. The number of carboxylic acids is 1. The molecule has 0 aliphatic carbocycles. The molecule has 0 aliphatic rings. The van der Waals surface area contributed by atoms with E-state index in [1.165, 1.54) is 0 Å². The van der Waals surface area contributed by atoms with Crippen molar-refractivity contribution in [3.63, 3.8) is 0 Å². The molecule has 2 nitrogen and oxygen atoms in total. The first-order valence-electron chi connectivity index (χ1n) is 4.63. The average molecular weight is 172 g/mol. The Kier molecular flexibility index (Phi) is 4.29. The van der Waals surface area contributed by atoms with Crippen molar-refractivity contribution in [3.8, 4) is 0 Å². The van der Waals surface area contributed by atoms with Gasteiger partial charge in [0.05, 0.1) is 5.41 Å². The van der Waals surface area contributed by atoms with Gasteiger partial charge >= 0.3 is 5.97 Å². The third-order valence-corrected chi connectivity index (χ3v) is 2.22. The number of rotatable bonds is 5. The molecule has 0 rings (SSSR count). The molecule has 1 atom stereocenters. The number of carboxylic acid groups (broad SMARTS) is 1. The highest BCUT2D eigenvalue weighted by atomic mass is 16.4. The fourth-order valence-corrected chi connectivity index (χ4v) is 1.55. The molecule has 0 saturated heterocycles. The molecule has 0 aliphatic heterocycles. The van der Waals surface area contributed by atoms with Gasteiger partial charge in [0.25, 0.3) is 0 Å². The van der Waals surface area contributed by atoms with Gasteiger partial charge in [-0.2, -0.15) is 0 Å². The van der Waals surface area contributed by atoms with E-state index < -0.39 is 11.4 Å². The Morgan fingerprint density at radius 1 is 1.50 bits per heavy atom. The fourth-order valence-electron chi connectivity index (χ4n) is 1.55. The van der Waals surface area contributed by atoms with E-state index in [9.17, 15) is 4.79 Å². The van der Waals surface area contributed by atoms with Crippen LogP contribution in [-0.4, -0.2) is 11.1 Å². The zero-order valence-corrected chi connectivity index (χ0v) is 8.55. The summed E-state index contributed by atoms with van der Waals surface area (Å²) in [6.07, 6.45) is 3.03. The minimum Gasteiger partial charge on any atom is -0.481 e. The van der Waals surface area contributed by atoms with Crippen LogP contribution in [0.3, 0.4) is 0 Å². The van der Waals surface area contributed by atoms with Gasteiger partial charge in [0.15, 0.2) is 0 Å². The quantitative estimate of drug-likeness (QED) is 0.692. The standard InChI is InChI=1S/C10H20O2/c1-5-6-8(2)7-10(3,4)9(11)12/h8H,5-7H2,1-4H3,(H,11,12). The molecule has 0 heterocycles. The van der Waals surface area contributed by atoms with E-state index in [0.717, 1.165) is 19.3 Å². The second-order valence-corrected chi connectivity index (χ2v) is 4.29. The minimum absolute atomic E-state index is 0.515. The van der Waals surface area contributed by atoms with Crippen molar-refractivity contribution in [1.29, 1.82) is 0 Å². The molecule has 1 N–H and O–H groups in total. The topological polar surface area (TPSA) is 37.3 Å². The highest BCUT2D eigenvalue weighted by Crippen LogP contribution is 2.27. The molecule has 0 aromatic heterocycles. The van der Waals surface area contributed by atoms with Crippen molar-refractivity contribution >= 4 is 5.97 Å². The van der Waals surface area contributed by atoms with Crippen LogP contribution in [0.1, 0.15) is 47.0 Å². The molecule has 0 fully saturated rings. The Morgan fingerprint density at radius 3 is 2.33 bits per heavy atom. The van der Waals surface area contributed by atoms with E-state index in [1.54, 1.807) is 13.8 Å². The third-order valence-electron chi connectivity index (χ3n) is 2.22. The maximum absolute atomic E-state index is 10.8. The lowest BCUT2D eigenvalue weighted by Gasteiger charge is -2.22. The first-order valence-corrected chi connectivity index (χ1v) is 4.63. The largest absolute Gasteiger partial charge is 0.481 e. The Bertz CT molecular complexity index is 150. The van der Waals surface area contributed by atoms with Crippen molar-refractivity contribution in [3.05, 3.63) is 0 Å². The summed E-state index contributed by atoms with van der Waals surface area (Å²) in [6, 6.07) is 0. The number of hydrogen-bond donors (Lipinski definition) is 1. The number of hydrogen-bond acceptors (Lipinski definition) is 1. The van der Waals surface area contributed by atoms with E-state index >= 15 is 0 Å². The number of carbonyl (C=O) groups is 1. The van der Waals surface area contributed by atoms with Crippen LogP contribution in [0.4, 0.5) is 0 Å². The van der Waals surface area contributed by atoms with Gasteiger partial charge in [-0.15, -0.1) is 0 Å². The van der Waals surface area contributed by atoms with Crippen molar-refractivity contribution < 1.29 is 9.90 Å². The van der Waals surface area contributed by atoms with Gasteiger partial charge in [-0.1, -0.05) is 26.7 Å². The number of aliphatic carboxylic acids is 1. The Hall–Kier alpha value is -0.530. The van der Waals surface area contributed by atoms with E-state index in [4.69, 9.17) is 5.11 Å². The van der Waals surface area contributed by atoms with Crippen LogP contribution in [0, 0.1) is 11.3 Å². The normalized spacial score (nSPS) is 14.3. The summed E-state index contributed by atoms with van der Waals surface area (Å²) >= 11 is 0. The Labute approximate surface area is 75.0 Å². The fraction of sp³-hybridized carbons (Fsp3) is 0.900. The summed E-state index contributed by atoms with van der Waals surface area (Å²) in [5.41, 5.74) is -0.561. The van der Waals surface area contributed by atoms with E-state index in [0.29, 0.717) is 5.92 Å². The molecule has 0 bridgehead atoms. The summed E-state index contributed by atoms with van der Waals surface area (Å²) in [5.74, 6) is -0.174. The lowest BCUT2D eigenvalue weighted by molar-refractivity contribution is -0.147. The van der Waals surface area contributed by atoms with Gasteiger partial charge in [0, 0.05) is 0 Å². The van der Waals surface area contributed by atoms with Crippen molar-refractivity contribution in [2.45, 2.75) is 47.0 Å². The summed E-state index contributed by atoms with van der Waals surface area (Å²) in [7, 11) is 0. The molecule has 12 heavy (non-hydrogen) atoms. The highest BCUT2D eigenvalue weighted by molar-refractivity contribution is 5.73. The molecular weight excluding hydrogens is 152 g/mol. The zero-order valence-electron chi connectivity index (χ0n) is 8.55. The van der Waals surface area contributed by atoms with Crippen molar-refractivity contribution in [1.82, 2.24) is 0 Å². The molecule has 0 radical (unpaired) electrons. The van der Waals surface area contributed by atoms with E-state index in [2.05, 4.69) is 13.8 Å². The lowest BCUT2D eigenvalue weighted by atomic mass is 9.82. The van der Waals surface area contributed by atoms with Gasteiger partial charge in [-0.05, 0) is 26.2 Å². The maximum Gasteiger partial charge on any atom is 0.309 e. The Balaban J connectivity index is 3.96. The van der Waals surface area contributed by atoms with Crippen molar-refractivity contribution in [2.75, 3.05) is 0 Å². The van der Waals surface area contributed by atoms with Crippen LogP contribution in [0.15, 0.2) is 0 Å². The van der Waals surface area contributed by atoms with Crippen molar-refractivity contribution in [2.24, 2.45) is 11.3 Å². The summed E-state index contributed by atoms with van der Waals surface area (Å²) in [4.78, 5) is 10.8. The average Bonchev–Trinajstić information content (AvgIpc) is 1.85. The summed E-state index contributed by atoms with van der Waals surface area (Å²) in [5, 5.41) is 8.86. The molecule has 0 spiro atoms. The molecule has 0 aromatic rings. The summed E-state index contributed by atoms with van der Waals surface area (Å²) < 4.78 is 0. The third kappa shape index (κ3) is 3.74. The van der Waals surface area contributed by atoms with E-state index in [1.807, 2.05) is 0 Å². The molecule has 0 saturated carbocycles. The lowest BCUT2D eigenvalue weighted by Crippen LogP contribution is -2.25. The monoisotopic (exact) mass is 172 g/mol. The molecule has 2 heteroatoms. The zero-order chi connectivity index (χ0) is 9.78. The van der Waals surface area contributed by atoms with Gasteiger partial charge in [0.1, 0.15) is 0 Å². The van der Waals surface area contributed by atoms with Crippen LogP contribution >= 0.6 is 0 Å². The molecule has 0 amide bonds. The van der Waals surface area contributed by atoms with Gasteiger partial charge in [0.2, 0.25) is 0 Å². The van der Waals surface area contributed by atoms with Crippen LogP contribution in [0.5, 0.6) is 0 Å². The molecule has 0 aromatic carbocycles. The van der Waals surface area contributed by atoms with Crippen LogP contribution in [0.25, 0.3) is 0 Å². The molecule has 72 valence electrons. The van der Waals surface area contributed by atoms with Gasteiger partial charge < -0.3 is 5.11 Å². The van der Waals surface area contributed by atoms with Gasteiger partial charge in [-0.3, -0.25) is 4.79 Å². The minimum atomic E-state index is -0.689. The van der Waals surface area contributed by atoms with E-state index in [-0.39, 0.29) is 0 Å². The highest BCUT2D eigenvalue weighted by Gasteiger charge is 2.28. The SMILES string of the molecule is CCCC(C)CC(C)(C)C(=O)O. The molecular formula is C10H20O2. The smallest absolute Gasteiger partial charge is 0.309 e.